The van der Waals surface area contributed by atoms with Gasteiger partial charge in [0.05, 0.1) is 6.33 Å². The van der Waals surface area contributed by atoms with Crippen LogP contribution in [0.25, 0.3) is 0 Å². The number of halogens is 2. The number of hydrogen-bond donors (Lipinski definition) is 1. The van der Waals surface area contributed by atoms with Crippen molar-refractivity contribution in [2.75, 3.05) is 26.2 Å². The molecule has 1 saturated heterocycles. The van der Waals surface area contributed by atoms with Crippen molar-refractivity contribution in [3.8, 4) is 0 Å². The van der Waals surface area contributed by atoms with Gasteiger partial charge in [-0.3, -0.25) is 15.0 Å². The van der Waals surface area contributed by atoms with Gasteiger partial charge in [0.15, 0.2) is 5.03 Å². The Hall–Kier alpha value is -2.37. The molecule has 1 aromatic heterocycles. The van der Waals surface area contributed by atoms with E-state index >= 15 is 8.78 Å². The van der Waals surface area contributed by atoms with E-state index in [4.69, 9.17) is 0 Å². The molecule has 4 rings (SSSR count). The fourth-order valence-corrected chi connectivity index (χ4v) is 6.29. The average molecular weight is 482 g/mol. The van der Waals surface area contributed by atoms with Crippen LogP contribution in [-0.4, -0.2) is 70.8 Å². The maximum Gasteiger partial charge on any atom is 0.343 e. The first-order valence-corrected chi connectivity index (χ1v) is 12.6. The van der Waals surface area contributed by atoms with Crippen molar-refractivity contribution >= 4 is 15.9 Å². The summed E-state index contributed by atoms with van der Waals surface area (Å²) in [6.45, 7) is 0.485. The van der Waals surface area contributed by atoms with Crippen LogP contribution in [0.1, 0.15) is 42.5 Å². The lowest BCUT2D eigenvalue weighted by atomic mass is 9.77. The Kier molecular flexibility index (Phi) is 6.56. The molecule has 0 radical (unpaired) electrons. The Morgan fingerprint density at radius 2 is 1.70 bits per heavy atom. The molecule has 0 bridgehead atoms. The summed E-state index contributed by atoms with van der Waals surface area (Å²) in [4.78, 5) is 18.2. The summed E-state index contributed by atoms with van der Waals surface area (Å²) in [6, 6.07) is 4.51. The maximum atomic E-state index is 15.8. The minimum atomic E-state index is -3.79. The number of piperazine rings is 1. The number of carbonyl (C=O) groups excluding carboxylic acids is 1. The van der Waals surface area contributed by atoms with E-state index in [1.165, 1.54) is 29.0 Å². The molecule has 0 atom stereocenters. The fraction of sp³-hybridized carbons (Fsp3) is 0.545. The van der Waals surface area contributed by atoms with Crippen molar-refractivity contribution in [3.63, 3.8) is 0 Å². The number of alkyl halides is 2. The van der Waals surface area contributed by atoms with Crippen molar-refractivity contribution in [2.24, 2.45) is 7.05 Å². The Labute approximate surface area is 192 Å². The highest BCUT2D eigenvalue weighted by molar-refractivity contribution is 7.89. The number of sulfonamides is 1. The predicted octanol–water partition coefficient (Wildman–Crippen LogP) is 2.45. The van der Waals surface area contributed by atoms with E-state index in [9.17, 15) is 13.2 Å². The van der Waals surface area contributed by atoms with Gasteiger partial charge in [0.25, 0.3) is 15.9 Å². The second kappa shape index (κ2) is 9.11. The van der Waals surface area contributed by atoms with Crippen LogP contribution < -0.4 is 5.32 Å². The molecular formula is C22H29F2N5O3S. The molecule has 1 saturated carbocycles. The largest absolute Gasteiger partial charge is 0.343 e. The molecule has 0 unspecified atom stereocenters. The minimum Gasteiger partial charge on any atom is -0.339 e. The van der Waals surface area contributed by atoms with Crippen molar-refractivity contribution in [2.45, 2.75) is 48.7 Å². The van der Waals surface area contributed by atoms with Crippen LogP contribution >= 0.6 is 0 Å². The van der Waals surface area contributed by atoms with Gasteiger partial charge in [0.2, 0.25) is 0 Å². The Morgan fingerprint density at radius 3 is 2.27 bits per heavy atom. The highest BCUT2D eigenvalue weighted by Gasteiger charge is 2.58. The summed E-state index contributed by atoms with van der Waals surface area (Å²) in [5, 5.41) is 1.94. The van der Waals surface area contributed by atoms with Crippen LogP contribution in [0.2, 0.25) is 0 Å². The van der Waals surface area contributed by atoms with Gasteiger partial charge < -0.3 is 4.57 Å². The number of imidazole rings is 1. The third-order valence-electron chi connectivity index (χ3n) is 6.70. The lowest BCUT2D eigenvalue weighted by molar-refractivity contribution is -0.178. The zero-order valence-electron chi connectivity index (χ0n) is 18.6. The predicted molar refractivity (Wildman–Crippen MR) is 118 cm³/mol. The monoisotopic (exact) mass is 481 g/mol. The van der Waals surface area contributed by atoms with Crippen LogP contribution in [-0.2, 0) is 17.1 Å². The SMILES string of the molecule is Cn1cnc(S(=O)(=O)N2CCN(C3(C(F)(F)NC(=O)c4ccccc4)CCCCC3)CC2)c1. The lowest BCUT2D eigenvalue weighted by Gasteiger charge is -2.52. The summed E-state index contributed by atoms with van der Waals surface area (Å²) in [5.74, 6) is -0.818. The number of nitrogens with one attached hydrogen (secondary N) is 1. The summed E-state index contributed by atoms with van der Waals surface area (Å²) >= 11 is 0. The molecule has 1 aliphatic carbocycles. The average Bonchev–Trinajstić information content (AvgIpc) is 3.27. The topological polar surface area (TPSA) is 87.5 Å². The number of aryl methyl sites for hydroxylation is 1. The van der Waals surface area contributed by atoms with E-state index in [0.717, 1.165) is 6.42 Å². The molecule has 2 aliphatic rings. The number of amides is 1. The molecule has 1 N–H and O–H groups in total. The molecule has 2 heterocycles. The van der Waals surface area contributed by atoms with Gasteiger partial charge in [0.1, 0.15) is 5.54 Å². The number of nitrogens with zero attached hydrogens (tertiary/aromatic N) is 4. The van der Waals surface area contributed by atoms with Crippen LogP contribution in [0.3, 0.4) is 0 Å². The van der Waals surface area contributed by atoms with Gasteiger partial charge in [-0.05, 0) is 25.0 Å². The van der Waals surface area contributed by atoms with E-state index < -0.39 is 27.5 Å². The van der Waals surface area contributed by atoms with Crippen LogP contribution in [0, 0.1) is 0 Å². The summed E-state index contributed by atoms with van der Waals surface area (Å²) < 4.78 is 60.2. The third kappa shape index (κ3) is 4.53. The molecule has 1 amide bonds. The van der Waals surface area contributed by atoms with Gasteiger partial charge in [-0.1, -0.05) is 37.5 Å². The van der Waals surface area contributed by atoms with E-state index in [-0.39, 0.29) is 49.6 Å². The third-order valence-corrected chi connectivity index (χ3v) is 8.49. The van der Waals surface area contributed by atoms with Gasteiger partial charge >= 0.3 is 6.05 Å². The van der Waals surface area contributed by atoms with Gasteiger partial charge in [-0.2, -0.15) is 13.1 Å². The van der Waals surface area contributed by atoms with Gasteiger partial charge in [0, 0.05) is 45.0 Å². The molecule has 1 aromatic carbocycles. The number of hydrogen-bond acceptors (Lipinski definition) is 5. The first-order valence-electron chi connectivity index (χ1n) is 11.1. The van der Waals surface area contributed by atoms with E-state index in [0.29, 0.717) is 12.8 Å². The first-order chi connectivity index (χ1) is 15.7. The Balaban J connectivity index is 1.52. The number of aromatic nitrogens is 2. The van der Waals surface area contributed by atoms with Crippen molar-refractivity contribution < 1.29 is 22.0 Å². The quantitative estimate of drug-likeness (QED) is 0.641. The highest BCUT2D eigenvalue weighted by atomic mass is 32.2. The van der Waals surface area contributed by atoms with E-state index in [1.807, 2.05) is 5.32 Å². The molecule has 11 heteroatoms. The molecule has 180 valence electrons. The fourth-order valence-electron chi connectivity index (χ4n) is 4.90. The number of rotatable bonds is 6. The molecular weight excluding hydrogens is 452 g/mol. The van der Waals surface area contributed by atoms with Crippen molar-refractivity contribution in [1.82, 2.24) is 24.1 Å². The van der Waals surface area contributed by atoms with Gasteiger partial charge in [-0.15, -0.1) is 0 Å². The molecule has 0 spiro atoms. The molecule has 2 aromatic rings. The lowest BCUT2D eigenvalue weighted by Crippen LogP contribution is -2.70. The highest BCUT2D eigenvalue weighted by Crippen LogP contribution is 2.44. The van der Waals surface area contributed by atoms with Crippen LogP contribution in [0.5, 0.6) is 0 Å². The smallest absolute Gasteiger partial charge is 0.339 e. The number of carbonyl (C=O) groups is 1. The van der Waals surface area contributed by atoms with Crippen molar-refractivity contribution in [3.05, 3.63) is 48.4 Å². The molecule has 1 aliphatic heterocycles. The van der Waals surface area contributed by atoms with Crippen molar-refractivity contribution in [1.29, 1.82) is 0 Å². The van der Waals surface area contributed by atoms with Crippen LogP contribution in [0.4, 0.5) is 8.78 Å². The van der Waals surface area contributed by atoms with E-state index in [1.54, 1.807) is 34.7 Å². The van der Waals surface area contributed by atoms with Gasteiger partial charge in [-0.25, -0.2) is 13.4 Å². The second-order valence-electron chi connectivity index (χ2n) is 8.76. The maximum absolute atomic E-state index is 15.8. The standard InChI is InChI=1S/C22H29F2N5O3S/c1-27-16-19(25-17-27)33(31,32)29-14-12-28(13-15-29)21(10-6-3-7-11-21)22(23,24)26-20(30)18-8-4-2-5-9-18/h2,4-5,8-9,16-17H,3,6-7,10-15H2,1H3,(H,26,30). The summed E-state index contributed by atoms with van der Waals surface area (Å²) in [5.41, 5.74) is -1.37. The zero-order valence-corrected chi connectivity index (χ0v) is 19.4. The first kappa shape index (κ1) is 23.8. The molecule has 33 heavy (non-hydrogen) atoms. The summed E-state index contributed by atoms with van der Waals surface area (Å²) in [7, 11) is -2.11. The minimum absolute atomic E-state index is 0.0497. The molecule has 8 nitrogen and oxygen atoms in total. The molecule has 2 fully saturated rings. The van der Waals surface area contributed by atoms with E-state index in [2.05, 4.69) is 4.98 Å². The summed E-state index contributed by atoms with van der Waals surface area (Å²) in [6.07, 6.45) is 5.43. The number of benzene rings is 1. The Bertz CT molecular complexity index is 1080. The normalized spacial score (nSPS) is 20.5. The zero-order chi connectivity index (χ0) is 23.7. The Morgan fingerprint density at radius 1 is 1.06 bits per heavy atom. The second-order valence-corrected chi connectivity index (χ2v) is 10.6. The van der Waals surface area contributed by atoms with Crippen LogP contribution in [0.15, 0.2) is 47.9 Å².